The summed E-state index contributed by atoms with van der Waals surface area (Å²) in [7, 11) is 0. The molecule has 2 N–H and O–H groups in total. The number of nitrogens with two attached hydrogens (primary N) is 1. The third kappa shape index (κ3) is 4.49. The maximum atomic E-state index is 6.33. The van der Waals surface area contributed by atoms with Gasteiger partial charge in [-0.05, 0) is 41.4 Å². The van der Waals surface area contributed by atoms with E-state index in [0.717, 1.165) is 25.2 Å². The van der Waals surface area contributed by atoms with E-state index in [4.69, 9.17) is 10.5 Å². The molecule has 0 bridgehead atoms. The van der Waals surface area contributed by atoms with Crippen LogP contribution in [0.4, 0.5) is 0 Å². The molecule has 2 heteroatoms. The third-order valence-corrected chi connectivity index (χ3v) is 4.05. The highest BCUT2D eigenvalue weighted by molar-refractivity contribution is 5.51. The van der Waals surface area contributed by atoms with Crippen molar-refractivity contribution in [3.63, 3.8) is 0 Å². The van der Waals surface area contributed by atoms with Crippen molar-refractivity contribution in [2.45, 2.75) is 85.1 Å². The Morgan fingerprint density at radius 3 is 1.73 bits per heavy atom. The monoisotopic (exact) mass is 305 g/mol. The second kappa shape index (κ2) is 7.04. The highest BCUT2D eigenvalue weighted by atomic mass is 16.5. The van der Waals surface area contributed by atoms with Gasteiger partial charge in [0.05, 0.1) is 6.61 Å². The molecule has 1 aromatic rings. The predicted molar refractivity (Wildman–Crippen MR) is 96.8 cm³/mol. The summed E-state index contributed by atoms with van der Waals surface area (Å²) in [6.45, 7) is 18.5. The van der Waals surface area contributed by atoms with Crippen molar-refractivity contribution in [2.24, 2.45) is 5.73 Å². The molecule has 0 radical (unpaired) electrons. The Morgan fingerprint density at radius 1 is 0.955 bits per heavy atom. The Bertz CT molecular complexity index is 456. The lowest BCUT2D eigenvalue weighted by Gasteiger charge is -2.31. The molecule has 0 heterocycles. The van der Waals surface area contributed by atoms with Crippen molar-refractivity contribution in [1.29, 1.82) is 0 Å². The lowest BCUT2D eigenvalue weighted by Crippen LogP contribution is -2.22. The van der Waals surface area contributed by atoms with Crippen LogP contribution in [0.25, 0.3) is 0 Å². The van der Waals surface area contributed by atoms with E-state index in [9.17, 15) is 0 Å². The minimum atomic E-state index is 0.0343. The Kier molecular flexibility index (Phi) is 6.09. The summed E-state index contributed by atoms with van der Waals surface area (Å²) in [4.78, 5) is 0. The van der Waals surface area contributed by atoms with Crippen LogP contribution in [0.15, 0.2) is 12.1 Å². The number of benzene rings is 1. The quantitative estimate of drug-likeness (QED) is 0.781. The van der Waals surface area contributed by atoms with Crippen molar-refractivity contribution in [1.82, 2.24) is 0 Å². The molecule has 0 aromatic heterocycles. The van der Waals surface area contributed by atoms with Gasteiger partial charge in [0.1, 0.15) is 5.75 Å². The van der Waals surface area contributed by atoms with Gasteiger partial charge < -0.3 is 10.5 Å². The summed E-state index contributed by atoms with van der Waals surface area (Å²) in [6.07, 6.45) is 1.96. The second-order valence-electron chi connectivity index (χ2n) is 8.31. The maximum absolute atomic E-state index is 6.33. The van der Waals surface area contributed by atoms with Gasteiger partial charge in [-0.1, -0.05) is 55.4 Å². The van der Waals surface area contributed by atoms with Gasteiger partial charge in [0, 0.05) is 17.2 Å². The minimum absolute atomic E-state index is 0.0343. The number of hydrogen-bond acceptors (Lipinski definition) is 2. The Hall–Kier alpha value is -1.02. The summed E-state index contributed by atoms with van der Waals surface area (Å²) < 4.78 is 6.20. The van der Waals surface area contributed by atoms with E-state index in [1.165, 1.54) is 16.7 Å². The van der Waals surface area contributed by atoms with Gasteiger partial charge in [-0.25, -0.2) is 0 Å². The van der Waals surface area contributed by atoms with Crippen LogP contribution in [0.3, 0.4) is 0 Å². The van der Waals surface area contributed by atoms with Crippen LogP contribution < -0.4 is 10.5 Å². The highest BCUT2D eigenvalue weighted by Gasteiger charge is 2.28. The SMILES string of the molecule is CCCOc1c(C(C)(C)C)cc(C(N)CC)cc1C(C)(C)C. The zero-order valence-corrected chi connectivity index (χ0v) is 15.8. The lowest BCUT2D eigenvalue weighted by molar-refractivity contribution is 0.299. The standard InChI is InChI=1S/C20H35NO/c1-9-11-22-18-15(19(3,4)5)12-14(17(21)10-2)13-16(18)20(6,7)8/h12-13,17H,9-11,21H2,1-8H3. The van der Waals surface area contributed by atoms with Crippen LogP contribution in [-0.4, -0.2) is 6.61 Å². The predicted octanol–water partition coefficient (Wildman–Crippen LogP) is 5.48. The zero-order chi connectivity index (χ0) is 17.1. The van der Waals surface area contributed by atoms with Gasteiger partial charge in [0.15, 0.2) is 0 Å². The van der Waals surface area contributed by atoms with Crippen LogP contribution in [0.5, 0.6) is 5.75 Å². The van der Waals surface area contributed by atoms with E-state index in [-0.39, 0.29) is 16.9 Å². The molecular formula is C20H35NO. The molecule has 0 saturated heterocycles. The first kappa shape index (κ1) is 19.0. The molecule has 0 aliphatic heterocycles. The molecule has 126 valence electrons. The third-order valence-electron chi connectivity index (χ3n) is 4.05. The Balaban J connectivity index is 3.62. The van der Waals surface area contributed by atoms with Gasteiger partial charge >= 0.3 is 0 Å². The molecule has 0 saturated carbocycles. The van der Waals surface area contributed by atoms with Crippen LogP contribution in [0.1, 0.15) is 91.0 Å². The van der Waals surface area contributed by atoms with E-state index >= 15 is 0 Å². The van der Waals surface area contributed by atoms with Crippen molar-refractivity contribution in [3.8, 4) is 5.75 Å². The topological polar surface area (TPSA) is 35.2 Å². The van der Waals surface area contributed by atoms with Gasteiger partial charge in [0.25, 0.3) is 0 Å². The Labute approximate surface area is 137 Å². The molecule has 2 nitrogen and oxygen atoms in total. The molecule has 1 aromatic carbocycles. The minimum Gasteiger partial charge on any atom is -0.493 e. The van der Waals surface area contributed by atoms with E-state index < -0.39 is 0 Å². The summed E-state index contributed by atoms with van der Waals surface area (Å²) in [5.74, 6) is 1.06. The first-order valence-electron chi connectivity index (χ1n) is 8.59. The second-order valence-corrected chi connectivity index (χ2v) is 8.31. The molecule has 1 rings (SSSR count). The van der Waals surface area contributed by atoms with Crippen LogP contribution in [0, 0.1) is 0 Å². The smallest absolute Gasteiger partial charge is 0.126 e. The van der Waals surface area contributed by atoms with Gasteiger partial charge in [-0.15, -0.1) is 0 Å². The number of ether oxygens (including phenoxy) is 1. The molecule has 22 heavy (non-hydrogen) atoms. The maximum Gasteiger partial charge on any atom is 0.126 e. The summed E-state index contributed by atoms with van der Waals surface area (Å²) >= 11 is 0. The molecule has 1 unspecified atom stereocenters. The van der Waals surface area contributed by atoms with Gasteiger partial charge in [-0.2, -0.15) is 0 Å². The molecule has 0 fully saturated rings. The number of rotatable bonds is 5. The molecular weight excluding hydrogens is 270 g/mol. The lowest BCUT2D eigenvalue weighted by atomic mass is 9.77. The van der Waals surface area contributed by atoms with Gasteiger partial charge in [-0.3, -0.25) is 0 Å². The average molecular weight is 306 g/mol. The van der Waals surface area contributed by atoms with Crippen molar-refractivity contribution in [2.75, 3.05) is 6.61 Å². The normalized spacial score (nSPS) is 14.0. The largest absolute Gasteiger partial charge is 0.493 e. The molecule has 0 spiro atoms. The van der Waals surface area contributed by atoms with Crippen LogP contribution >= 0.6 is 0 Å². The van der Waals surface area contributed by atoms with Crippen LogP contribution in [0.2, 0.25) is 0 Å². The summed E-state index contributed by atoms with van der Waals surface area (Å²) in [5.41, 5.74) is 10.2. The number of hydrogen-bond donors (Lipinski definition) is 1. The molecule has 0 amide bonds. The highest BCUT2D eigenvalue weighted by Crippen LogP contribution is 2.41. The van der Waals surface area contributed by atoms with E-state index in [1.807, 2.05) is 0 Å². The Morgan fingerprint density at radius 2 is 1.41 bits per heavy atom. The fourth-order valence-electron chi connectivity index (χ4n) is 2.57. The fourth-order valence-corrected chi connectivity index (χ4v) is 2.57. The summed E-state index contributed by atoms with van der Waals surface area (Å²) in [6, 6.07) is 4.60. The average Bonchev–Trinajstić information content (AvgIpc) is 2.41. The first-order chi connectivity index (χ1) is 10.0. The van der Waals surface area contributed by atoms with Crippen molar-refractivity contribution in [3.05, 3.63) is 28.8 Å². The van der Waals surface area contributed by atoms with E-state index in [2.05, 4.69) is 67.5 Å². The van der Waals surface area contributed by atoms with Crippen molar-refractivity contribution < 1.29 is 4.74 Å². The fraction of sp³-hybridized carbons (Fsp3) is 0.700. The van der Waals surface area contributed by atoms with Crippen LogP contribution in [-0.2, 0) is 10.8 Å². The molecule has 1 atom stereocenters. The summed E-state index contributed by atoms with van der Waals surface area (Å²) in [5, 5.41) is 0. The molecule has 0 aliphatic rings. The first-order valence-corrected chi connectivity index (χ1v) is 8.59. The molecule has 0 aliphatic carbocycles. The van der Waals surface area contributed by atoms with E-state index in [1.54, 1.807) is 0 Å². The van der Waals surface area contributed by atoms with Gasteiger partial charge in [0.2, 0.25) is 0 Å². The van der Waals surface area contributed by atoms with E-state index in [0.29, 0.717) is 0 Å². The zero-order valence-electron chi connectivity index (χ0n) is 15.8. The van der Waals surface area contributed by atoms with Crippen molar-refractivity contribution >= 4 is 0 Å².